The van der Waals surface area contributed by atoms with Crippen molar-refractivity contribution in [3.05, 3.63) is 73.9 Å². The van der Waals surface area contributed by atoms with Gasteiger partial charge in [-0.05, 0) is 31.0 Å². The average Bonchev–Trinajstić information content (AvgIpc) is 3.02. The van der Waals surface area contributed by atoms with E-state index in [1.54, 1.807) is 25.1 Å². The Hall–Kier alpha value is -3.12. The smallest absolute Gasteiger partial charge is 0.272 e. The van der Waals surface area contributed by atoms with Crippen LogP contribution in [0.3, 0.4) is 0 Å². The summed E-state index contributed by atoms with van der Waals surface area (Å²) in [5, 5.41) is 19.9. The normalized spacial score (nSPS) is 11.8. The van der Waals surface area contributed by atoms with E-state index in [2.05, 4.69) is 10.2 Å². The summed E-state index contributed by atoms with van der Waals surface area (Å²) in [6, 6.07) is 10.4. The number of halogens is 1. The van der Waals surface area contributed by atoms with E-state index in [-0.39, 0.29) is 11.5 Å². The van der Waals surface area contributed by atoms with Crippen LogP contribution in [-0.2, 0) is 6.42 Å². The number of hydrogen-bond acceptors (Lipinski definition) is 5. The van der Waals surface area contributed by atoms with Gasteiger partial charge in [0.25, 0.3) is 5.69 Å². The lowest BCUT2D eigenvalue weighted by atomic mass is 9.95. The number of hydrogen-bond donors (Lipinski definition) is 0. The number of fused-ring (bicyclic) bond motifs is 3. The minimum absolute atomic E-state index is 0.00847. The summed E-state index contributed by atoms with van der Waals surface area (Å²) >= 11 is 6.29. The molecule has 7 heteroatoms. The van der Waals surface area contributed by atoms with E-state index >= 15 is 0 Å². The molecule has 0 aliphatic heterocycles. The second kappa shape index (κ2) is 6.25. The Bertz CT molecular complexity index is 1140. The third-order valence-corrected chi connectivity index (χ3v) is 5.23. The van der Waals surface area contributed by atoms with Crippen LogP contribution in [0.5, 0.6) is 0 Å². The molecule has 0 saturated heterocycles. The lowest BCUT2D eigenvalue weighted by Gasteiger charge is -2.11. The first-order chi connectivity index (χ1) is 12.9. The Labute approximate surface area is 160 Å². The van der Waals surface area contributed by atoms with Gasteiger partial charge in [0, 0.05) is 40.3 Å². The van der Waals surface area contributed by atoms with Crippen molar-refractivity contribution in [2.75, 3.05) is 0 Å². The summed E-state index contributed by atoms with van der Waals surface area (Å²) < 4.78 is 0. The first kappa shape index (κ1) is 17.3. The Morgan fingerprint density at radius 3 is 2.67 bits per heavy atom. The van der Waals surface area contributed by atoms with Crippen LogP contribution in [0.2, 0.25) is 5.15 Å². The van der Waals surface area contributed by atoms with Crippen LogP contribution >= 0.6 is 11.6 Å². The number of ketones is 1. The number of aromatic nitrogens is 2. The molecule has 1 aromatic heterocycles. The minimum atomic E-state index is -0.407. The van der Waals surface area contributed by atoms with E-state index in [4.69, 9.17) is 11.6 Å². The highest BCUT2D eigenvalue weighted by Crippen LogP contribution is 2.45. The molecule has 3 aromatic rings. The molecule has 2 aromatic carbocycles. The lowest BCUT2D eigenvalue weighted by molar-refractivity contribution is -0.385. The van der Waals surface area contributed by atoms with E-state index in [0.29, 0.717) is 34.0 Å². The molecule has 1 heterocycles. The maximum absolute atomic E-state index is 11.7. The Morgan fingerprint density at radius 2 is 1.96 bits per heavy atom. The van der Waals surface area contributed by atoms with Gasteiger partial charge in [-0.3, -0.25) is 14.9 Å². The largest absolute Gasteiger partial charge is 0.295 e. The van der Waals surface area contributed by atoms with Crippen LogP contribution in [-0.4, -0.2) is 20.9 Å². The maximum atomic E-state index is 11.7. The summed E-state index contributed by atoms with van der Waals surface area (Å²) in [5.74, 6) is -0.00847. The predicted octanol–water partition coefficient (Wildman–Crippen LogP) is 4.79. The zero-order valence-electron chi connectivity index (χ0n) is 14.6. The monoisotopic (exact) mass is 379 g/mol. The van der Waals surface area contributed by atoms with Crippen molar-refractivity contribution in [1.29, 1.82) is 0 Å². The van der Waals surface area contributed by atoms with Crippen molar-refractivity contribution < 1.29 is 9.72 Å². The molecule has 1 aliphatic rings. The van der Waals surface area contributed by atoms with Gasteiger partial charge >= 0.3 is 0 Å². The zero-order valence-corrected chi connectivity index (χ0v) is 15.4. The van der Waals surface area contributed by atoms with Crippen molar-refractivity contribution in [3.63, 3.8) is 0 Å². The van der Waals surface area contributed by atoms with E-state index in [0.717, 1.165) is 22.3 Å². The molecule has 134 valence electrons. The number of carbonyl (C=O) groups excluding carboxylic acids is 1. The topological polar surface area (TPSA) is 86.0 Å². The number of nitro benzene ring substituents is 1. The van der Waals surface area contributed by atoms with Crippen molar-refractivity contribution >= 4 is 23.1 Å². The summed E-state index contributed by atoms with van der Waals surface area (Å²) in [6.07, 6.45) is 0.543. The van der Waals surface area contributed by atoms with Gasteiger partial charge < -0.3 is 0 Å². The molecule has 0 N–H and O–H groups in total. The molecule has 6 nitrogen and oxygen atoms in total. The van der Waals surface area contributed by atoms with Gasteiger partial charge in [0.1, 0.15) is 5.69 Å². The third-order valence-electron chi connectivity index (χ3n) is 4.93. The molecule has 0 fully saturated rings. The predicted molar refractivity (Wildman–Crippen MR) is 102 cm³/mol. The third kappa shape index (κ3) is 2.69. The fourth-order valence-electron chi connectivity index (χ4n) is 3.56. The fourth-order valence-corrected chi connectivity index (χ4v) is 3.76. The molecule has 1 aliphatic carbocycles. The Balaban J connectivity index is 1.98. The van der Waals surface area contributed by atoms with Crippen molar-refractivity contribution in [1.82, 2.24) is 10.2 Å². The number of nitrogens with zero attached hydrogens (tertiary/aromatic N) is 3. The van der Waals surface area contributed by atoms with Crippen LogP contribution < -0.4 is 0 Å². The number of Topliss-reactive ketones (excluding diaryl/α,β-unsaturated/α-hetero) is 1. The van der Waals surface area contributed by atoms with Crippen LogP contribution in [0.25, 0.3) is 22.4 Å². The van der Waals surface area contributed by atoms with Crippen LogP contribution in [0, 0.1) is 17.0 Å². The number of rotatable bonds is 3. The second-order valence-corrected chi connectivity index (χ2v) is 6.86. The van der Waals surface area contributed by atoms with Gasteiger partial charge in [-0.2, -0.15) is 0 Å². The van der Waals surface area contributed by atoms with E-state index in [9.17, 15) is 14.9 Å². The van der Waals surface area contributed by atoms with Crippen molar-refractivity contribution in [2.45, 2.75) is 20.3 Å². The molecule has 0 atom stereocenters. The first-order valence-corrected chi connectivity index (χ1v) is 8.70. The van der Waals surface area contributed by atoms with Gasteiger partial charge in [-0.25, -0.2) is 0 Å². The quantitative estimate of drug-likeness (QED) is 0.290. The molecule has 0 saturated carbocycles. The van der Waals surface area contributed by atoms with Gasteiger partial charge in [-0.15, -0.1) is 10.2 Å². The van der Waals surface area contributed by atoms with Crippen LogP contribution in [0.15, 0.2) is 36.4 Å². The summed E-state index contributed by atoms with van der Waals surface area (Å²) in [4.78, 5) is 22.6. The van der Waals surface area contributed by atoms with Crippen LogP contribution in [0.4, 0.5) is 5.69 Å². The number of benzene rings is 2. The molecule has 0 amide bonds. The van der Waals surface area contributed by atoms with E-state index < -0.39 is 4.92 Å². The standard InChI is InChI=1S/C20H14ClN3O3/c1-10-14(4-3-5-17(10)24(26)27)19-18-15-7-6-12(11(2)25)8-13(15)9-16(18)20(21)23-22-19/h3-8H,9H2,1-2H3. The minimum Gasteiger partial charge on any atom is -0.295 e. The van der Waals surface area contributed by atoms with Crippen molar-refractivity contribution in [2.24, 2.45) is 0 Å². The summed E-state index contributed by atoms with van der Waals surface area (Å²) in [6.45, 7) is 3.22. The summed E-state index contributed by atoms with van der Waals surface area (Å²) in [5.41, 5.74) is 5.93. The highest BCUT2D eigenvalue weighted by molar-refractivity contribution is 6.30. The molecule has 0 bridgehead atoms. The Morgan fingerprint density at radius 1 is 1.19 bits per heavy atom. The number of nitro groups is 1. The Kier molecular flexibility index (Phi) is 4.00. The van der Waals surface area contributed by atoms with Gasteiger partial charge in [0.05, 0.1) is 4.92 Å². The zero-order chi connectivity index (χ0) is 19.3. The van der Waals surface area contributed by atoms with Crippen LogP contribution in [0.1, 0.15) is 34.0 Å². The van der Waals surface area contributed by atoms with E-state index in [1.165, 1.54) is 13.0 Å². The summed E-state index contributed by atoms with van der Waals surface area (Å²) in [7, 11) is 0. The fraction of sp³-hybridized carbons (Fsp3) is 0.150. The highest BCUT2D eigenvalue weighted by atomic mass is 35.5. The van der Waals surface area contributed by atoms with Gasteiger partial charge in [-0.1, -0.05) is 35.9 Å². The lowest BCUT2D eigenvalue weighted by Crippen LogP contribution is -1.99. The maximum Gasteiger partial charge on any atom is 0.272 e. The SMILES string of the molecule is CC(=O)c1ccc2c(c1)Cc1c(Cl)nnc(-c3cccc([N+](=O)[O-])c3C)c1-2. The van der Waals surface area contributed by atoms with E-state index in [1.807, 2.05) is 12.1 Å². The molecule has 27 heavy (non-hydrogen) atoms. The van der Waals surface area contributed by atoms with Gasteiger partial charge in [0.2, 0.25) is 0 Å². The first-order valence-electron chi connectivity index (χ1n) is 8.32. The van der Waals surface area contributed by atoms with Crippen molar-refractivity contribution in [3.8, 4) is 22.4 Å². The molecule has 0 spiro atoms. The molecule has 0 unspecified atom stereocenters. The molecular weight excluding hydrogens is 366 g/mol. The average molecular weight is 380 g/mol. The highest BCUT2D eigenvalue weighted by Gasteiger charge is 2.28. The number of carbonyl (C=O) groups is 1. The molecular formula is C20H14ClN3O3. The second-order valence-electron chi connectivity index (χ2n) is 6.50. The molecule has 0 radical (unpaired) electrons. The van der Waals surface area contributed by atoms with Gasteiger partial charge in [0.15, 0.2) is 10.9 Å². The molecule has 4 rings (SSSR count).